The highest BCUT2D eigenvalue weighted by Crippen LogP contribution is 2.31. The lowest BCUT2D eigenvalue weighted by Crippen LogP contribution is -2.20. The van der Waals surface area contributed by atoms with Gasteiger partial charge in [-0.1, -0.05) is 6.07 Å². The van der Waals surface area contributed by atoms with E-state index < -0.39 is 31.1 Å². The van der Waals surface area contributed by atoms with Crippen LogP contribution in [0.4, 0.5) is 13.2 Å². The average molecular weight is 303 g/mol. The van der Waals surface area contributed by atoms with Crippen molar-refractivity contribution in [2.75, 3.05) is 6.61 Å². The van der Waals surface area contributed by atoms with Crippen molar-refractivity contribution >= 4 is 5.97 Å². The lowest BCUT2D eigenvalue weighted by molar-refractivity contribution is -0.275. The Balaban J connectivity index is 3.30. The van der Waals surface area contributed by atoms with Gasteiger partial charge in [-0.25, -0.2) is 0 Å². The molecule has 5 nitrogen and oxygen atoms in total. The highest BCUT2D eigenvalue weighted by molar-refractivity contribution is 5.75. The molecule has 0 aliphatic rings. The summed E-state index contributed by atoms with van der Waals surface area (Å²) in [5, 5.41) is 18.2. The number of hydrogen-bond acceptors (Lipinski definition) is 5. The lowest BCUT2D eigenvalue weighted by atomic mass is 9.99. The van der Waals surface area contributed by atoms with Crippen LogP contribution in [0.25, 0.3) is 0 Å². The molecule has 21 heavy (non-hydrogen) atoms. The maximum Gasteiger partial charge on any atom is 0.573 e. The molecule has 1 N–H and O–H groups in total. The van der Waals surface area contributed by atoms with Crippen molar-refractivity contribution in [2.45, 2.75) is 26.3 Å². The first-order valence-electron chi connectivity index (χ1n) is 5.89. The van der Waals surface area contributed by atoms with Crippen LogP contribution in [0.2, 0.25) is 0 Å². The number of esters is 1. The van der Waals surface area contributed by atoms with Crippen molar-refractivity contribution < 1.29 is 32.5 Å². The van der Waals surface area contributed by atoms with E-state index in [1.807, 2.05) is 0 Å². The summed E-state index contributed by atoms with van der Waals surface area (Å²) in [4.78, 5) is 11.5. The second kappa shape index (κ2) is 6.95. The van der Waals surface area contributed by atoms with Crippen LogP contribution in [0, 0.1) is 11.3 Å². The van der Waals surface area contributed by atoms with Crippen molar-refractivity contribution in [3.8, 4) is 11.8 Å². The predicted octanol–water partition coefficient (Wildman–Crippen LogP) is 2.05. The van der Waals surface area contributed by atoms with E-state index in [9.17, 15) is 18.0 Å². The zero-order valence-electron chi connectivity index (χ0n) is 11.0. The number of nitrogens with zero attached hydrogens (tertiary/aromatic N) is 1. The lowest BCUT2D eigenvalue weighted by Gasteiger charge is -2.15. The van der Waals surface area contributed by atoms with E-state index in [0.717, 1.165) is 12.1 Å². The first kappa shape index (κ1) is 16.8. The maximum absolute atomic E-state index is 12.4. The third kappa shape index (κ3) is 4.65. The molecular weight excluding hydrogens is 291 g/mol. The fraction of sp³-hybridized carbons (Fsp3) is 0.385. The molecule has 0 spiro atoms. The van der Waals surface area contributed by atoms with Crippen LogP contribution in [0.15, 0.2) is 12.1 Å². The smallest absolute Gasteiger partial charge is 0.466 e. The van der Waals surface area contributed by atoms with E-state index in [0.29, 0.717) is 0 Å². The van der Waals surface area contributed by atoms with Gasteiger partial charge in [-0.2, -0.15) is 5.26 Å². The van der Waals surface area contributed by atoms with Crippen molar-refractivity contribution in [3.63, 3.8) is 0 Å². The number of aliphatic hydroxyl groups excluding tert-OH is 1. The molecule has 0 aliphatic heterocycles. The Bertz CT molecular complexity index is 564. The number of carbonyl (C=O) groups is 1. The third-order valence-corrected chi connectivity index (χ3v) is 2.49. The van der Waals surface area contributed by atoms with Gasteiger partial charge in [-0.3, -0.25) is 4.79 Å². The van der Waals surface area contributed by atoms with Crippen molar-refractivity contribution in [3.05, 3.63) is 28.8 Å². The number of aliphatic hydroxyl groups is 1. The molecule has 0 radical (unpaired) electrons. The van der Waals surface area contributed by atoms with Crippen LogP contribution in [-0.4, -0.2) is 24.0 Å². The van der Waals surface area contributed by atoms with Gasteiger partial charge in [-0.15, -0.1) is 13.2 Å². The zero-order chi connectivity index (χ0) is 16.0. The van der Waals surface area contributed by atoms with E-state index in [-0.39, 0.29) is 23.3 Å². The van der Waals surface area contributed by atoms with Gasteiger partial charge < -0.3 is 14.6 Å². The molecule has 114 valence electrons. The molecule has 0 saturated carbocycles. The summed E-state index contributed by atoms with van der Waals surface area (Å²) in [5.74, 6) is -1.46. The number of benzene rings is 1. The highest BCUT2D eigenvalue weighted by Gasteiger charge is 2.33. The first-order valence-corrected chi connectivity index (χ1v) is 5.89. The van der Waals surface area contributed by atoms with Crippen LogP contribution in [0.5, 0.6) is 5.75 Å². The molecule has 0 aliphatic carbocycles. The summed E-state index contributed by atoms with van der Waals surface area (Å²) in [6.07, 6.45) is -5.52. The Kier molecular flexibility index (Phi) is 5.55. The number of hydrogen-bond donors (Lipinski definition) is 1. The summed E-state index contributed by atoms with van der Waals surface area (Å²) < 4.78 is 45.5. The molecule has 0 bridgehead atoms. The minimum atomic E-state index is -4.96. The fourth-order valence-corrected chi connectivity index (χ4v) is 1.70. The molecule has 0 amide bonds. The second-order valence-electron chi connectivity index (χ2n) is 3.88. The van der Waals surface area contributed by atoms with Crippen molar-refractivity contribution in [1.82, 2.24) is 0 Å². The first-order chi connectivity index (χ1) is 9.82. The molecular formula is C13H12F3NO4. The van der Waals surface area contributed by atoms with Crippen molar-refractivity contribution in [1.29, 1.82) is 5.26 Å². The van der Waals surface area contributed by atoms with E-state index in [1.165, 1.54) is 0 Å². The van der Waals surface area contributed by atoms with E-state index in [4.69, 9.17) is 10.4 Å². The Labute approximate surface area is 118 Å². The molecule has 8 heteroatoms. The molecule has 0 aromatic heterocycles. The van der Waals surface area contributed by atoms with Crippen LogP contribution in [0.1, 0.15) is 23.6 Å². The molecule has 0 atom stereocenters. The van der Waals surface area contributed by atoms with Gasteiger partial charge in [0.1, 0.15) is 5.75 Å². The van der Waals surface area contributed by atoms with E-state index in [1.54, 1.807) is 13.0 Å². The standard InChI is InChI=1S/C13H12F3NO4/c1-2-20-12(19)5-9-10(6-17)8(7-18)3-4-11(9)21-13(14,15)16/h3-4,18H,2,5,7H2,1H3. The highest BCUT2D eigenvalue weighted by atomic mass is 19.4. The molecule has 1 aromatic rings. The van der Waals surface area contributed by atoms with Gasteiger partial charge >= 0.3 is 12.3 Å². The number of halogens is 3. The van der Waals surface area contributed by atoms with Gasteiger partial charge in [0, 0.05) is 5.56 Å². The van der Waals surface area contributed by atoms with Crippen LogP contribution < -0.4 is 4.74 Å². The van der Waals surface area contributed by atoms with Crippen LogP contribution >= 0.6 is 0 Å². The minimum Gasteiger partial charge on any atom is -0.466 e. The van der Waals surface area contributed by atoms with Gasteiger partial charge in [-0.05, 0) is 18.6 Å². The summed E-state index contributed by atoms with van der Waals surface area (Å²) in [6.45, 7) is 1.04. The summed E-state index contributed by atoms with van der Waals surface area (Å²) in [7, 11) is 0. The molecule has 0 saturated heterocycles. The second-order valence-corrected chi connectivity index (χ2v) is 3.88. The topological polar surface area (TPSA) is 79.6 Å². The number of alkyl halides is 3. The largest absolute Gasteiger partial charge is 0.573 e. The van der Waals surface area contributed by atoms with Crippen LogP contribution in [0.3, 0.4) is 0 Å². The Hall–Kier alpha value is -2.27. The Morgan fingerprint density at radius 1 is 1.43 bits per heavy atom. The monoisotopic (exact) mass is 303 g/mol. The number of ether oxygens (including phenoxy) is 2. The average Bonchev–Trinajstić information content (AvgIpc) is 2.39. The quantitative estimate of drug-likeness (QED) is 0.842. The SMILES string of the molecule is CCOC(=O)Cc1c(OC(F)(F)F)ccc(CO)c1C#N. The Morgan fingerprint density at radius 3 is 2.57 bits per heavy atom. The maximum atomic E-state index is 12.4. The molecule has 0 heterocycles. The summed E-state index contributed by atoms with van der Waals surface area (Å²) in [6, 6.07) is 3.76. The molecule has 0 unspecified atom stereocenters. The fourth-order valence-electron chi connectivity index (χ4n) is 1.70. The number of carbonyl (C=O) groups excluding carboxylic acids is 1. The number of nitriles is 1. The summed E-state index contributed by atoms with van der Waals surface area (Å²) >= 11 is 0. The van der Waals surface area contributed by atoms with Gasteiger partial charge in [0.05, 0.1) is 31.3 Å². The van der Waals surface area contributed by atoms with Crippen LogP contribution in [-0.2, 0) is 22.6 Å². The van der Waals surface area contributed by atoms with Crippen molar-refractivity contribution in [2.24, 2.45) is 0 Å². The molecule has 1 aromatic carbocycles. The van der Waals surface area contributed by atoms with Gasteiger partial charge in [0.25, 0.3) is 0 Å². The zero-order valence-corrected chi connectivity index (χ0v) is 11.0. The van der Waals surface area contributed by atoms with Gasteiger partial charge in [0.15, 0.2) is 0 Å². The van der Waals surface area contributed by atoms with Gasteiger partial charge in [0.2, 0.25) is 0 Å². The van der Waals surface area contributed by atoms with E-state index >= 15 is 0 Å². The normalized spacial score (nSPS) is 10.9. The number of rotatable bonds is 5. The summed E-state index contributed by atoms with van der Waals surface area (Å²) in [5.41, 5.74) is -0.390. The Morgan fingerprint density at radius 2 is 2.10 bits per heavy atom. The molecule has 0 fully saturated rings. The predicted molar refractivity (Wildman–Crippen MR) is 64.1 cm³/mol. The molecule has 1 rings (SSSR count). The van der Waals surface area contributed by atoms with E-state index in [2.05, 4.69) is 9.47 Å². The minimum absolute atomic E-state index is 0.0515. The third-order valence-electron chi connectivity index (χ3n) is 2.49.